The maximum Gasteiger partial charge on any atom is 0.218 e. The number of hydrogen-bond acceptors (Lipinski definition) is 4. The second-order valence-corrected chi connectivity index (χ2v) is 8.94. The Morgan fingerprint density at radius 2 is 1.86 bits per heavy atom. The molecular formula is C15H24N2O2S2. The fourth-order valence-corrected chi connectivity index (χ4v) is 5.68. The predicted octanol–water partition coefficient (Wildman–Crippen LogP) is 2.06. The first-order valence-corrected chi connectivity index (χ1v) is 9.93. The average Bonchev–Trinajstić information content (AvgIpc) is 2.44. The summed E-state index contributed by atoms with van der Waals surface area (Å²) in [6.07, 6.45) is 0. The Morgan fingerprint density at radius 3 is 2.48 bits per heavy atom. The molecular weight excluding hydrogens is 304 g/mol. The van der Waals surface area contributed by atoms with Gasteiger partial charge in [-0.15, -0.1) is 0 Å². The van der Waals surface area contributed by atoms with Crippen molar-refractivity contribution >= 4 is 21.8 Å². The molecule has 0 aromatic heterocycles. The molecule has 1 aromatic carbocycles. The number of nitrogens with one attached hydrogen (secondary N) is 1. The van der Waals surface area contributed by atoms with Crippen LogP contribution in [0.25, 0.3) is 0 Å². The molecule has 2 rings (SSSR count). The van der Waals surface area contributed by atoms with Crippen molar-refractivity contribution in [3.63, 3.8) is 0 Å². The molecule has 0 spiro atoms. The lowest BCUT2D eigenvalue weighted by atomic mass is 10.1. The van der Waals surface area contributed by atoms with E-state index in [1.165, 1.54) is 0 Å². The largest absolute Gasteiger partial charge is 0.316 e. The zero-order valence-electron chi connectivity index (χ0n) is 12.9. The third-order valence-electron chi connectivity index (χ3n) is 3.94. The quantitative estimate of drug-likeness (QED) is 0.899. The van der Waals surface area contributed by atoms with Gasteiger partial charge in [-0.3, -0.25) is 0 Å². The van der Waals surface area contributed by atoms with Gasteiger partial charge in [0.1, 0.15) is 0 Å². The molecule has 0 aliphatic carbocycles. The van der Waals surface area contributed by atoms with Gasteiger partial charge in [0.2, 0.25) is 10.0 Å². The summed E-state index contributed by atoms with van der Waals surface area (Å²) in [6.45, 7) is 5.52. The topological polar surface area (TPSA) is 49.4 Å². The molecule has 0 radical (unpaired) electrons. The van der Waals surface area contributed by atoms with Gasteiger partial charge in [0.05, 0.1) is 5.75 Å². The zero-order valence-corrected chi connectivity index (χ0v) is 14.5. The van der Waals surface area contributed by atoms with Gasteiger partial charge < -0.3 is 5.32 Å². The molecule has 1 heterocycles. The Morgan fingerprint density at radius 1 is 1.24 bits per heavy atom. The van der Waals surface area contributed by atoms with Crippen LogP contribution in [0, 0.1) is 0 Å². The van der Waals surface area contributed by atoms with Gasteiger partial charge in [0.15, 0.2) is 0 Å². The Bertz CT molecular complexity index is 558. The maximum absolute atomic E-state index is 12.6. The number of sulfonamides is 1. The van der Waals surface area contributed by atoms with E-state index in [1.807, 2.05) is 50.0 Å². The van der Waals surface area contributed by atoms with Crippen LogP contribution in [0.3, 0.4) is 0 Å². The van der Waals surface area contributed by atoms with Crippen LogP contribution in [0.1, 0.15) is 25.0 Å². The van der Waals surface area contributed by atoms with Crippen molar-refractivity contribution in [3.8, 4) is 0 Å². The molecule has 21 heavy (non-hydrogen) atoms. The summed E-state index contributed by atoms with van der Waals surface area (Å²) in [6, 6.07) is 7.87. The van der Waals surface area contributed by atoms with Gasteiger partial charge >= 0.3 is 0 Å². The fourth-order valence-electron chi connectivity index (χ4n) is 2.55. The summed E-state index contributed by atoms with van der Waals surface area (Å²) in [5.74, 6) is 0.973. The van der Waals surface area contributed by atoms with Crippen LogP contribution >= 0.6 is 11.8 Å². The third-order valence-corrected chi connectivity index (χ3v) is 7.20. The van der Waals surface area contributed by atoms with Crippen LogP contribution in [0.15, 0.2) is 24.3 Å². The van der Waals surface area contributed by atoms with E-state index in [4.69, 9.17) is 0 Å². The number of hydrogen-bond donors (Lipinski definition) is 1. The molecule has 1 saturated heterocycles. The monoisotopic (exact) mass is 328 g/mol. The standard InChI is InChI=1S/C15H24N2O2S2/c1-12-13(2)20-9-8-17(12)21(18,19)11-15-6-4-14(5-7-15)10-16-3/h4-7,12-13,16H,8-11H2,1-3H3. The zero-order chi connectivity index (χ0) is 15.5. The van der Waals surface area contributed by atoms with E-state index in [9.17, 15) is 8.42 Å². The van der Waals surface area contributed by atoms with Crippen LogP contribution in [0.4, 0.5) is 0 Å². The van der Waals surface area contributed by atoms with E-state index in [1.54, 1.807) is 4.31 Å². The summed E-state index contributed by atoms with van der Waals surface area (Å²) in [4.78, 5) is 0. The van der Waals surface area contributed by atoms with Crippen molar-refractivity contribution in [1.82, 2.24) is 9.62 Å². The van der Waals surface area contributed by atoms with Crippen LogP contribution < -0.4 is 5.32 Å². The molecule has 1 aliphatic heterocycles. The molecule has 2 atom stereocenters. The van der Waals surface area contributed by atoms with E-state index >= 15 is 0 Å². The van der Waals surface area contributed by atoms with Crippen LogP contribution in [0.2, 0.25) is 0 Å². The summed E-state index contributed by atoms with van der Waals surface area (Å²) in [5, 5.41) is 3.44. The van der Waals surface area contributed by atoms with Gasteiger partial charge in [-0.05, 0) is 25.1 Å². The smallest absolute Gasteiger partial charge is 0.218 e. The van der Waals surface area contributed by atoms with Crippen molar-refractivity contribution in [3.05, 3.63) is 35.4 Å². The first kappa shape index (κ1) is 16.8. The number of nitrogens with zero attached hydrogens (tertiary/aromatic N) is 1. The molecule has 1 aliphatic rings. The highest BCUT2D eigenvalue weighted by Crippen LogP contribution is 2.27. The maximum atomic E-state index is 12.6. The summed E-state index contributed by atoms with van der Waals surface area (Å²) in [7, 11) is -1.34. The highest BCUT2D eigenvalue weighted by atomic mass is 32.2. The predicted molar refractivity (Wildman–Crippen MR) is 89.9 cm³/mol. The third kappa shape index (κ3) is 4.22. The Balaban J connectivity index is 2.09. The van der Waals surface area contributed by atoms with E-state index in [2.05, 4.69) is 12.2 Å². The van der Waals surface area contributed by atoms with Crippen LogP contribution in [0.5, 0.6) is 0 Å². The minimum atomic E-state index is -3.24. The highest BCUT2D eigenvalue weighted by Gasteiger charge is 2.33. The lowest BCUT2D eigenvalue weighted by Crippen LogP contribution is -2.48. The van der Waals surface area contributed by atoms with Gasteiger partial charge in [-0.25, -0.2) is 8.42 Å². The molecule has 0 saturated carbocycles. The second-order valence-electron chi connectivity index (χ2n) is 5.53. The van der Waals surface area contributed by atoms with E-state index in [-0.39, 0.29) is 11.8 Å². The molecule has 0 amide bonds. The summed E-state index contributed by atoms with van der Waals surface area (Å²) < 4.78 is 26.9. The molecule has 2 unspecified atom stereocenters. The van der Waals surface area contributed by atoms with Crippen LogP contribution in [-0.4, -0.2) is 43.4 Å². The summed E-state index contributed by atoms with van der Waals surface area (Å²) >= 11 is 1.85. The molecule has 6 heteroatoms. The molecule has 118 valence electrons. The molecule has 4 nitrogen and oxygen atoms in total. The van der Waals surface area contributed by atoms with Crippen molar-refractivity contribution in [2.24, 2.45) is 0 Å². The van der Waals surface area contributed by atoms with Gasteiger partial charge in [0, 0.05) is 30.1 Å². The molecule has 0 bridgehead atoms. The highest BCUT2D eigenvalue weighted by molar-refractivity contribution is 8.00. The number of rotatable bonds is 5. The Hall–Kier alpha value is -0.560. The summed E-state index contributed by atoms with van der Waals surface area (Å²) in [5.41, 5.74) is 2.02. The average molecular weight is 329 g/mol. The van der Waals surface area contributed by atoms with Crippen molar-refractivity contribution < 1.29 is 8.42 Å². The first-order chi connectivity index (χ1) is 9.94. The number of benzene rings is 1. The fraction of sp³-hybridized carbons (Fsp3) is 0.600. The van der Waals surface area contributed by atoms with Crippen LogP contribution in [-0.2, 0) is 22.3 Å². The number of thioether (sulfide) groups is 1. The first-order valence-electron chi connectivity index (χ1n) is 7.27. The van der Waals surface area contributed by atoms with Crippen molar-refractivity contribution in [1.29, 1.82) is 0 Å². The minimum Gasteiger partial charge on any atom is -0.316 e. The van der Waals surface area contributed by atoms with Gasteiger partial charge in [-0.2, -0.15) is 16.1 Å². The normalized spacial score (nSPS) is 24.1. The Labute approximate surface area is 132 Å². The SMILES string of the molecule is CNCc1ccc(CS(=O)(=O)N2CCSC(C)C2C)cc1. The van der Waals surface area contributed by atoms with E-state index in [0.29, 0.717) is 11.8 Å². The van der Waals surface area contributed by atoms with Crippen molar-refractivity contribution in [2.45, 2.75) is 37.4 Å². The lowest BCUT2D eigenvalue weighted by molar-refractivity contribution is 0.340. The van der Waals surface area contributed by atoms with Gasteiger partial charge in [-0.1, -0.05) is 31.2 Å². The molecule has 1 aromatic rings. The van der Waals surface area contributed by atoms with E-state index < -0.39 is 10.0 Å². The lowest BCUT2D eigenvalue weighted by Gasteiger charge is -2.36. The van der Waals surface area contributed by atoms with E-state index in [0.717, 1.165) is 23.4 Å². The molecule has 1 fully saturated rings. The van der Waals surface area contributed by atoms with Crippen molar-refractivity contribution in [2.75, 3.05) is 19.3 Å². The minimum absolute atomic E-state index is 0.0670. The molecule has 1 N–H and O–H groups in total. The Kier molecular flexibility index (Phi) is 5.71. The second kappa shape index (κ2) is 7.13. The van der Waals surface area contributed by atoms with Gasteiger partial charge in [0.25, 0.3) is 0 Å².